The van der Waals surface area contributed by atoms with E-state index in [4.69, 9.17) is 10.8 Å². The minimum Gasteiger partial charge on any atom is -0.480 e. The summed E-state index contributed by atoms with van der Waals surface area (Å²) in [6, 6.07) is 3.41. The number of nitrogens with two attached hydrogens (primary N) is 1. The second kappa shape index (κ2) is 5.03. The van der Waals surface area contributed by atoms with Gasteiger partial charge in [-0.2, -0.15) is 0 Å². The van der Waals surface area contributed by atoms with Crippen LogP contribution in [0, 0.1) is 6.92 Å². The largest absolute Gasteiger partial charge is 0.480 e. The van der Waals surface area contributed by atoms with E-state index in [1.807, 2.05) is 0 Å². The first-order valence-corrected chi connectivity index (χ1v) is 4.77. The van der Waals surface area contributed by atoms with Crippen molar-refractivity contribution in [3.63, 3.8) is 0 Å². The topological polar surface area (TPSA) is 63.3 Å². The lowest BCUT2D eigenvalue weighted by molar-refractivity contribution is -0.138. The van der Waals surface area contributed by atoms with E-state index in [2.05, 4.69) is 0 Å². The summed E-state index contributed by atoms with van der Waals surface area (Å²) in [7, 11) is 0. The van der Waals surface area contributed by atoms with Gasteiger partial charge in [-0.1, -0.05) is 12.1 Å². The molecule has 0 aliphatic heterocycles. The molecule has 0 spiro atoms. The molecule has 1 unspecified atom stereocenters. The third kappa shape index (κ3) is 3.00. The summed E-state index contributed by atoms with van der Waals surface area (Å²) < 4.78 is 25.1. The van der Waals surface area contributed by atoms with Crippen molar-refractivity contribution < 1.29 is 18.7 Å². The quantitative estimate of drug-likeness (QED) is 0.828. The Bertz CT molecular complexity index is 394. The van der Waals surface area contributed by atoms with Crippen LogP contribution >= 0.6 is 0 Å². The smallest absolute Gasteiger partial charge is 0.320 e. The molecule has 0 fully saturated rings. The monoisotopic (exact) mass is 229 g/mol. The van der Waals surface area contributed by atoms with Crippen molar-refractivity contribution in [3.8, 4) is 0 Å². The molecular formula is C11H13F2NO2. The Labute approximate surface area is 91.9 Å². The molecule has 88 valence electrons. The summed E-state index contributed by atoms with van der Waals surface area (Å²) in [6.07, 6.45) is -2.50. The normalized spacial score (nSPS) is 12.8. The Hall–Kier alpha value is -1.49. The minimum atomic E-state index is -2.55. The number of aryl methyl sites for hydroxylation is 1. The lowest BCUT2D eigenvalue weighted by Crippen LogP contribution is -2.32. The average molecular weight is 229 g/mol. The number of aliphatic carboxylic acids is 1. The summed E-state index contributed by atoms with van der Waals surface area (Å²) in [6.45, 7) is 1.59. The van der Waals surface area contributed by atoms with E-state index in [1.165, 1.54) is 6.07 Å². The molecule has 3 N–H and O–H groups in total. The van der Waals surface area contributed by atoms with Crippen LogP contribution in [0.25, 0.3) is 0 Å². The zero-order valence-electron chi connectivity index (χ0n) is 8.78. The van der Waals surface area contributed by atoms with Gasteiger partial charge in [0.1, 0.15) is 6.04 Å². The molecule has 0 amide bonds. The van der Waals surface area contributed by atoms with Gasteiger partial charge in [-0.3, -0.25) is 4.79 Å². The van der Waals surface area contributed by atoms with Gasteiger partial charge in [0.2, 0.25) is 0 Å². The predicted molar refractivity (Wildman–Crippen MR) is 55.5 cm³/mol. The Morgan fingerprint density at radius 1 is 1.50 bits per heavy atom. The molecule has 3 nitrogen and oxygen atoms in total. The molecule has 1 atom stereocenters. The molecule has 0 aliphatic carbocycles. The van der Waals surface area contributed by atoms with Gasteiger partial charge in [-0.15, -0.1) is 0 Å². The van der Waals surface area contributed by atoms with E-state index in [-0.39, 0.29) is 12.0 Å². The number of carboxylic acids is 1. The molecule has 0 bridgehead atoms. The molecule has 0 saturated heterocycles. The molecular weight excluding hydrogens is 216 g/mol. The highest BCUT2D eigenvalue weighted by Crippen LogP contribution is 2.23. The molecule has 1 rings (SSSR count). The first-order chi connectivity index (χ1) is 7.41. The number of hydrogen-bond acceptors (Lipinski definition) is 2. The highest BCUT2D eigenvalue weighted by Gasteiger charge is 2.15. The second-order valence-corrected chi connectivity index (χ2v) is 3.64. The number of carbonyl (C=O) groups is 1. The van der Waals surface area contributed by atoms with Gasteiger partial charge in [0.05, 0.1) is 0 Å². The van der Waals surface area contributed by atoms with Gasteiger partial charge in [0.15, 0.2) is 0 Å². The van der Waals surface area contributed by atoms with Crippen molar-refractivity contribution in [3.05, 3.63) is 34.9 Å². The van der Waals surface area contributed by atoms with Crippen LogP contribution in [-0.4, -0.2) is 17.1 Å². The van der Waals surface area contributed by atoms with Gasteiger partial charge < -0.3 is 10.8 Å². The summed E-state index contributed by atoms with van der Waals surface area (Å²) in [4.78, 5) is 10.5. The molecule has 0 heterocycles. The zero-order valence-corrected chi connectivity index (χ0v) is 8.78. The van der Waals surface area contributed by atoms with Crippen LogP contribution in [0.3, 0.4) is 0 Å². The number of hydrogen-bond donors (Lipinski definition) is 2. The molecule has 0 saturated carbocycles. The maximum Gasteiger partial charge on any atom is 0.320 e. The van der Waals surface area contributed by atoms with Crippen molar-refractivity contribution in [1.82, 2.24) is 0 Å². The lowest BCUT2D eigenvalue weighted by atomic mass is 10.0. The van der Waals surface area contributed by atoms with Crippen LogP contribution in [0.5, 0.6) is 0 Å². The Balaban J connectivity index is 2.91. The van der Waals surface area contributed by atoms with E-state index in [0.29, 0.717) is 11.1 Å². The van der Waals surface area contributed by atoms with E-state index < -0.39 is 18.4 Å². The third-order valence-electron chi connectivity index (χ3n) is 2.35. The number of halogens is 2. The van der Waals surface area contributed by atoms with Gasteiger partial charge in [0, 0.05) is 5.56 Å². The van der Waals surface area contributed by atoms with Gasteiger partial charge in [0.25, 0.3) is 6.43 Å². The van der Waals surface area contributed by atoms with E-state index in [0.717, 1.165) is 0 Å². The highest BCUT2D eigenvalue weighted by atomic mass is 19.3. The molecule has 16 heavy (non-hydrogen) atoms. The predicted octanol–water partition coefficient (Wildman–Crippen LogP) is 1.89. The van der Waals surface area contributed by atoms with Crippen molar-refractivity contribution in [1.29, 1.82) is 0 Å². The third-order valence-corrected chi connectivity index (χ3v) is 2.35. The molecule has 0 radical (unpaired) electrons. The van der Waals surface area contributed by atoms with Crippen LogP contribution in [0.4, 0.5) is 8.78 Å². The van der Waals surface area contributed by atoms with Gasteiger partial charge in [-0.05, 0) is 30.5 Å². The maximum atomic E-state index is 12.6. The molecule has 1 aromatic rings. The molecule has 0 aliphatic rings. The molecule has 0 aromatic heterocycles. The van der Waals surface area contributed by atoms with Crippen LogP contribution in [0.1, 0.15) is 23.1 Å². The fourth-order valence-corrected chi connectivity index (χ4v) is 1.39. The Morgan fingerprint density at radius 2 is 2.12 bits per heavy atom. The summed E-state index contributed by atoms with van der Waals surface area (Å²) in [5, 5.41) is 8.60. The van der Waals surface area contributed by atoms with Crippen molar-refractivity contribution in [2.75, 3.05) is 0 Å². The van der Waals surface area contributed by atoms with Crippen LogP contribution < -0.4 is 5.73 Å². The van der Waals surface area contributed by atoms with E-state index in [9.17, 15) is 13.6 Å². The van der Waals surface area contributed by atoms with Crippen LogP contribution in [-0.2, 0) is 11.2 Å². The molecule has 5 heteroatoms. The Morgan fingerprint density at radius 3 is 2.62 bits per heavy atom. The van der Waals surface area contributed by atoms with Gasteiger partial charge in [-0.25, -0.2) is 8.78 Å². The summed E-state index contributed by atoms with van der Waals surface area (Å²) >= 11 is 0. The first-order valence-electron chi connectivity index (χ1n) is 4.77. The average Bonchev–Trinajstić information content (AvgIpc) is 2.20. The fourth-order valence-electron chi connectivity index (χ4n) is 1.39. The Kier molecular flexibility index (Phi) is 3.95. The fraction of sp³-hybridized carbons (Fsp3) is 0.364. The SMILES string of the molecule is Cc1ccc(CC(N)C(=O)O)cc1C(F)F. The summed E-state index contributed by atoms with van der Waals surface area (Å²) in [5.74, 6) is -1.14. The second-order valence-electron chi connectivity index (χ2n) is 3.64. The van der Waals surface area contributed by atoms with Crippen molar-refractivity contribution in [2.45, 2.75) is 25.8 Å². The molecule has 1 aromatic carbocycles. The lowest BCUT2D eigenvalue weighted by Gasteiger charge is -2.10. The van der Waals surface area contributed by atoms with Crippen LogP contribution in [0.2, 0.25) is 0 Å². The van der Waals surface area contributed by atoms with Crippen LogP contribution in [0.15, 0.2) is 18.2 Å². The highest BCUT2D eigenvalue weighted by molar-refractivity contribution is 5.73. The van der Waals surface area contributed by atoms with E-state index in [1.54, 1.807) is 19.1 Å². The first kappa shape index (κ1) is 12.6. The number of benzene rings is 1. The summed E-state index contributed by atoms with van der Waals surface area (Å²) in [5.41, 5.74) is 6.25. The van der Waals surface area contributed by atoms with Crippen molar-refractivity contribution >= 4 is 5.97 Å². The van der Waals surface area contributed by atoms with Gasteiger partial charge >= 0.3 is 5.97 Å². The maximum absolute atomic E-state index is 12.6. The number of alkyl halides is 2. The number of carboxylic acid groups (broad SMARTS) is 1. The number of rotatable bonds is 4. The van der Waals surface area contributed by atoms with E-state index >= 15 is 0 Å². The zero-order chi connectivity index (χ0) is 12.3. The van der Waals surface area contributed by atoms with Crippen molar-refractivity contribution in [2.24, 2.45) is 5.73 Å². The minimum absolute atomic E-state index is 0.0509. The standard InChI is InChI=1S/C11H13F2NO2/c1-6-2-3-7(4-8(6)10(12)13)5-9(14)11(15)16/h2-4,9-10H,5,14H2,1H3,(H,15,16).